The molecule has 0 amide bonds. The molecule has 0 saturated heterocycles. The van der Waals surface area contributed by atoms with Crippen LogP contribution in [0.3, 0.4) is 0 Å². The molecule has 0 unspecified atom stereocenters. The molecule has 0 aliphatic carbocycles. The fourth-order valence-corrected chi connectivity index (χ4v) is 14.8. The van der Waals surface area contributed by atoms with Crippen molar-refractivity contribution in [2.24, 2.45) is 0 Å². The predicted molar refractivity (Wildman–Crippen MR) is 340 cm³/mol. The van der Waals surface area contributed by atoms with E-state index in [9.17, 15) is 0 Å². The summed E-state index contributed by atoms with van der Waals surface area (Å²) in [5.74, 6) is 0. The van der Waals surface area contributed by atoms with Gasteiger partial charge >= 0.3 is 0 Å². The van der Waals surface area contributed by atoms with Crippen LogP contribution in [0, 0.1) is 0 Å². The summed E-state index contributed by atoms with van der Waals surface area (Å²) in [6.45, 7) is 0. The first-order chi connectivity index (χ1) is 38.6. The Bertz CT molecular complexity index is 4680. The zero-order valence-electron chi connectivity index (χ0n) is 42.2. The van der Waals surface area contributed by atoms with E-state index in [0.29, 0.717) is 0 Å². The van der Waals surface area contributed by atoms with Crippen LogP contribution in [0.5, 0.6) is 0 Å². The molecule has 3 nitrogen and oxygen atoms in total. The minimum atomic E-state index is 1.02. The van der Waals surface area contributed by atoms with E-state index >= 15 is 0 Å². The van der Waals surface area contributed by atoms with Gasteiger partial charge in [-0.3, -0.25) is 0 Å². The van der Waals surface area contributed by atoms with Crippen molar-refractivity contribution < 1.29 is 0 Å². The number of thiophene rings is 3. The molecule has 0 radical (unpaired) electrons. The van der Waals surface area contributed by atoms with Gasteiger partial charge < -0.3 is 14.7 Å². The first kappa shape index (κ1) is 46.0. The second kappa shape index (κ2) is 19.4. The number of rotatable bonds is 11. The van der Waals surface area contributed by atoms with Crippen LogP contribution in [0.2, 0.25) is 0 Å². The molecule has 3 heterocycles. The van der Waals surface area contributed by atoms with E-state index in [0.717, 1.165) is 51.2 Å². The van der Waals surface area contributed by atoms with Crippen molar-refractivity contribution in [1.82, 2.24) is 0 Å². The molecule has 0 aliphatic rings. The van der Waals surface area contributed by atoms with Gasteiger partial charge in [0.15, 0.2) is 0 Å². The van der Waals surface area contributed by atoms with Gasteiger partial charge in [-0.2, -0.15) is 0 Å². The van der Waals surface area contributed by atoms with E-state index in [2.05, 4.69) is 300 Å². The van der Waals surface area contributed by atoms with Crippen molar-refractivity contribution >= 4 is 146 Å². The molecular formula is C72H47N3S3. The fraction of sp³-hybridized carbons (Fsp3) is 0. The van der Waals surface area contributed by atoms with Crippen molar-refractivity contribution in [3.8, 4) is 22.3 Å². The largest absolute Gasteiger partial charge is 0.310 e. The van der Waals surface area contributed by atoms with E-state index in [-0.39, 0.29) is 0 Å². The molecule has 0 atom stereocenters. The van der Waals surface area contributed by atoms with Gasteiger partial charge in [0.25, 0.3) is 0 Å². The zero-order chi connectivity index (χ0) is 51.5. The number of hydrogen-bond acceptors (Lipinski definition) is 6. The number of para-hydroxylation sites is 3. The summed E-state index contributed by atoms with van der Waals surface area (Å²) >= 11 is 5.57. The van der Waals surface area contributed by atoms with E-state index in [1.807, 2.05) is 34.0 Å². The zero-order valence-corrected chi connectivity index (χ0v) is 44.7. The minimum Gasteiger partial charge on any atom is -0.310 e. The first-order valence-electron chi connectivity index (χ1n) is 26.3. The Morgan fingerprint density at radius 3 is 1.08 bits per heavy atom. The highest BCUT2D eigenvalue weighted by atomic mass is 32.1. The highest BCUT2D eigenvalue weighted by Crippen LogP contribution is 2.48. The van der Waals surface area contributed by atoms with Gasteiger partial charge in [-0.05, 0) is 150 Å². The van der Waals surface area contributed by atoms with Crippen LogP contribution in [0.25, 0.3) is 82.8 Å². The summed E-state index contributed by atoms with van der Waals surface area (Å²) in [4.78, 5) is 7.24. The monoisotopic (exact) mass is 1050 g/mol. The van der Waals surface area contributed by atoms with Crippen molar-refractivity contribution in [2.75, 3.05) is 14.7 Å². The second-order valence-corrected chi connectivity index (χ2v) is 22.9. The Hall–Kier alpha value is -9.30. The fourth-order valence-electron chi connectivity index (χ4n) is 11.4. The number of benzene rings is 12. The summed E-state index contributed by atoms with van der Waals surface area (Å²) < 4.78 is 7.80. The molecule has 0 saturated carbocycles. The van der Waals surface area contributed by atoms with E-state index in [4.69, 9.17) is 0 Å². The minimum absolute atomic E-state index is 1.02. The molecule has 0 spiro atoms. The third kappa shape index (κ3) is 8.17. The summed E-state index contributed by atoms with van der Waals surface area (Å²) in [6.07, 6.45) is 0. The molecule has 15 rings (SSSR count). The maximum Gasteiger partial charge on any atom is 0.0503 e. The lowest BCUT2D eigenvalue weighted by molar-refractivity contribution is 1.22. The Labute approximate surface area is 464 Å². The van der Waals surface area contributed by atoms with Gasteiger partial charge in [-0.15, -0.1) is 34.0 Å². The van der Waals surface area contributed by atoms with Crippen molar-refractivity contribution in [1.29, 1.82) is 0 Å². The molecule has 0 N–H and O–H groups in total. The Balaban J connectivity index is 0.927. The van der Waals surface area contributed by atoms with E-state index in [1.54, 1.807) is 0 Å². The lowest BCUT2D eigenvalue weighted by Crippen LogP contribution is -2.16. The summed E-state index contributed by atoms with van der Waals surface area (Å²) in [5, 5.41) is 7.73. The normalized spacial score (nSPS) is 11.6. The van der Waals surface area contributed by atoms with Gasteiger partial charge in [0.2, 0.25) is 0 Å². The number of anilines is 9. The van der Waals surface area contributed by atoms with Crippen LogP contribution in [-0.2, 0) is 0 Å². The van der Waals surface area contributed by atoms with Crippen LogP contribution in [0.1, 0.15) is 0 Å². The van der Waals surface area contributed by atoms with Crippen molar-refractivity contribution in [2.45, 2.75) is 0 Å². The maximum atomic E-state index is 2.42. The van der Waals surface area contributed by atoms with Crippen molar-refractivity contribution in [3.05, 3.63) is 285 Å². The average Bonchev–Trinajstić information content (AvgIpc) is 4.22. The second-order valence-electron chi connectivity index (χ2n) is 19.7. The van der Waals surface area contributed by atoms with Crippen LogP contribution in [0.15, 0.2) is 285 Å². The van der Waals surface area contributed by atoms with Gasteiger partial charge in [-0.25, -0.2) is 0 Å². The summed E-state index contributed by atoms with van der Waals surface area (Å²) in [6, 6.07) is 105. The van der Waals surface area contributed by atoms with Gasteiger partial charge in [0.05, 0.1) is 17.1 Å². The molecule has 3 aromatic heterocycles. The molecule has 0 aliphatic heterocycles. The van der Waals surface area contributed by atoms with E-state index in [1.165, 1.54) is 82.8 Å². The van der Waals surface area contributed by atoms with Crippen LogP contribution < -0.4 is 14.7 Å². The molecule has 6 heteroatoms. The molecule has 0 bridgehead atoms. The predicted octanol–water partition coefficient (Wildman–Crippen LogP) is 22.5. The number of fused-ring (bicyclic) bond motifs is 9. The molecule has 15 aromatic rings. The SMILES string of the molecule is c1ccc(N(c2ccc(-c3ccc4sc5ccccc5c4c3)cc2)c2cc(N(c3ccccc3)c3ccc(-c4cccc5c4sc4ccccc45)cc3)cc(N(c3ccccc3)c3ccc4sc5ccccc5c4c3)c2)cc1. The topological polar surface area (TPSA) is 9.72 Å². The number of nitrogens with zero attached hydrogens (tertiary/aromatic N) is 3. The lowest BCUT2D eigenvalue weighted by atomic mass is 10.0. The highest BCUT2D eigenvalue weighted by Gasteiger charge is 2.24. The first-order valence-corrected chi connectivity index (χ1v) is 28.7. The smallest absolute Gasteiger partial charge is 0.0503 e. The van der Waals surface area contributed by atoms with Gasteiger partial charge in [0, 0.05) is 94.6 Å². The molecule has 12 aromatic carbocycles. The molecule has 0 fully saturated rings. The highest BCUT2D eigenvalue weighted by molar-refractivity contribution is 7.26. The third-order valence-electron chi connectivity index (χ3n) is 15.0. The van der Waals surface area contributed by atoms with Crippen LogP contribution >= 0.6 is 34.0 Å². The van der Waals surface area contributed by atoms with E-state index < -0.39 is 0 Å². The maximum absolute atomic E-state index is 2.42. The Kier molecular flexibility index (Phi) is 11.4. The molecular weight excluding hydrogens is 1000 g/mol. The third-order valence-corrected chi connectivity index (χ3v) is 18.5. The number of hydrogen-bond donors (Lipinski definition) is 0. The standard InChI is InChI=1S/C72H47N3S3/c1-4-17-51(18-5-1)73(54-36-31-48(32-37-54)50-35-41-70-65(43-50)62-24-11-13-28-67(62)76-70)57-44-58(46-59(45-57)75(53-21-8-3-9-22-53)56-40-42-71-66(47-56)63-25-12-14-29-68(63)77-71)74(52-19-6-2-7-20-52)55-38-33-49(34-39-55)60-26-16-27-64-61-23-10-15-30-69(61)78-72(60)64/h1-47H. The average molecular weight is 1050 g/mol. The van der Waals surface area contributed by atoms with Crippen molar-refractivity contribution in [3.63, 3.8) is 0 Å². The summed E-state index contributed by atoms with van der Waals surface area (Å²) in [7, 11) is 0. The van der Waals surface area contributed by atoms with Gasteiger partial charge in [-0.1, -0.05) is 158 Å². The van der Waals surface area contributed by atoms with Crippen LogP contribution in [0.4, 0.5) is 51.2 Å². The Morgan fingerprint density at radius 1 is 0.192 bits per heavy atom. The lowest BCUT2D eigenvalue weighted by Gasteiger charge is -2.33. The molecule has 368 valence electrons. The Morgan fingerprint density at radius 2 is 0.551 bits per heavy atom. The van der Waals surface area contributed by atoms with Gasteiger partial charge in [0.1, 0.15) is 0 Å². The van der Waals surface area contributed by atoms with Crippen LogP contribution in [-0.4, -0.2) is 0 Å². The quantitative estimate of drug-likeness (QED) is 0.128. The summed E-state index contributed by atoms with van der Waals surface area (Å²) in [5.41, 5.74) is 14.2. The molecule has 78 heavy (non-hydrogen) atoms.